The lowest BCUT2D eigenvalue weighted by atomic mass is 10.2. The molecule has 72 valence electrons. The Bertz CT molecular complexity index is 261. The van der Waals surface area contributed by atoms with E-state index in [1.807, 2.05) is 6.92 Å². The molecule has 0 aromatic heterocycles. The number of rotatable bonds is 4. The molecule has 0 saturated heterocycles. The average Bonchev–Trinajstić information content (AvgIpc) is 2.15. The SMILES string of the molecule is CCCOc1cccc(C(F)F)c1. The first-order chi connectivity index (χ1) is 6.24. The Hall–Kier alpha value is -1.12. The highest BCUT2D eigenvalue weighted by molar-refractivity contribution is 5.29. The quantitative estimate of drug-likeness (QED) is 0.700. The van der Waals surface area contributed by atoms with Crippen molar-refractivity contribution in [3.8, 4) is 5.75 Å². The second kappa shape index (κ2) is 4.80. The summed E-state index contributed by atoms with van der Waals surface area (Å²) >= 11 is 0. The standard InChI is InChI=1S/C10H12F2O/c1-2-6-13-9-5-3-4-8(7-9)10(11)12/h3-5,7,10H,2,6H2,1H3. The van der Waals surface area contributed by atoms with Crippen molar-refractivity contribution in [1.29, 1.82) is 0 Å². The maximum atomic E-state index is 12.2. The highest BCUT2D eigenvalue weighted by Gasteiger charge is 2.06. The zero-order valence-electron chi connectivity index (χ0n) is 7.47. The zero-order chi connectivity index (χ0) is 9.68. The fourth-order valence-electron chi connectivity index (χ4n) is 0.960. The minimum atomic E-state index is -2.43. The highest BCUT2D eigenvalue weighted by Crippen LogP contribution is 2.22. The van der Waals surface area contributed by atoms with Gasteiger partial charge in [-0.05, 0) is 18.6 Å². The van der Waals surface area contributed by atoms with Crippen molar-refractivity contribution < 1.29 is 13.5 Å². The number of benzene rings is 1. The van der Waals surface area contributed by atoms with Gasteiger partial charge >= 0.3 is 0 Å². The summed E-state index contributed by atoms with van der Waals surface area (Å²) in [5, 5.41) is 0. The van der Waals surface area contributed by atoms with Gasteiger partial charge in [0.05, 0.1) is 6.61 Å². The molecule has 1 rings (SSSR count). The van der Waals surface area contributed by atoms with Crippen molar-refractivity contribution in [2.75, 3.05) is 6.61 Å². The van der Waals surface area contributed by atoms with Crippen LogP contribution in [0.5, 0.6) is 5.75 Å². The lowest BCUT2D eigenvalue weighted by Crippen LogP contribution is -1.95. The van der Waals surface area contributed by atoms with Crippen LogP contribution in [-0.4, -0.2) is 6.61 Å². The lowest BCUT2D eigenvalue weighted by Gasteiger charge is -2.05. The normalized spacial score (nSPS) is 10.5. The van der Waals surface area contributed by atoms with Crippen LogP contribution in [0.25, 0.3) is 0 Å². The molecular formula is C10H12F2O. The topological polar surface area (TPSA) is 9.23 Å². The Labute approximate surface area is 76.3 Å². The van der Waals surface area contributed by atoms with E-state index in [1.165, 1.54) is 12.1 Å². The summed E-state index contributed by atoms with van der Waals surface area (Å²) in [6.07, 6.45) is -1.55. The Kier molecular flexibility index (Phi) is 3.68. The van der Waals surface area contributed by atoms with Crippen LogP contribution in [0, 0.1) is 0 Å². The van der Waals surface area contributed by atoms with Crippen LogP contribution >= 0.6 is 0 Å². The molecule has 0 aliphatic heterocycles. The average molecular weight is 186 g/mol. The fraction of sp³-hybridized carbons (Fsp3) is 0.400. The Morgan fingerprint density at radius 3 is 2.77 bits per heavy atom. The van der Waals surface area contributed by atoms with Crippen LogP contribution in [0.2, 0.25) is 0 Å². The summed E-state index contributed by atoms with van der Waals surface area (Å²) in [6.45, 7) is 2.53. The molecule has 0 amide bonds. The molecule has 13 heavy (non-hydrogen) atoms. The van der Waals surface area contributed by atoms with E-state index in [0.717, 1.165) is 6.42 Å². The van der Waals surface area contributed by atoms with E-state index in [-0.39, 0.29) is 5.56 Å². The Morgan fingerprint density at radius 2 is 2.15 bits per heavy atom. The van der Waals surface area contributed by atoms with Gasteiger partial charge in [-0.3, -0.25) is 0 Å². The van der Waals surface area contributed by atoms with Gasteiger partial charge in [0.2, 0.25) is 0 Å². The third-order valence-electron chi connectivity index (χ3n) is 1.58. The molecule has 0 fully saturated rings. The number of alkyl halides is 2. The van der Waals surface area contributed by atoms with Crippen LogP contribution in [0.1, 0.15) is 25.3 Å². The predicted octanol–water partition coefficient (Wildman–Crippen LogP) is 3.41. The number of ether oxygens (including phenoxy) is 1. The van der Waals surface area contributed by atoms with Crippen LogP contribution in [0.15, 0.2) is 24.3 Å². The fourth-order valence-corrected chi connectivity index (χ4v) is 0.960. The van der Waals surface area contributed by atoms with Crippen molar-refractivity contribution in [1.82, 2.24) is 0 Å². The molecule has 0 aliphatic rings. The molecular weight excluding hydrogens is 174 g/mol. The molecule has 0 atom stereocenters. The first-order valence-electron chi connectivity index (χ1n) is 4.25. The van der Waals surface area contributed by atoms with Gasteiger partial charge in [-0.1, -0.05) is 19.1 Å². The van der Waals surface area contributed by atoms with Gasteiger partial charge in [0.1, 0.15) is 5.75 Å². The van der Waals surface area contributed by atoms with Crippen molar-refractivity contribution in [3.05, 3.63) is 29.8 Å². The highest BCUT2D eigenvalue weighted by atomic mass is 19.3. The monoisotopic (exact) mass is 186 g/mol. The van der Waals surface area contributed by atoms with Gasteiger partial charge in [0, 0.05) is 5.56 Å². The second-order valence-electron chi connectivity index (χ2n) is 2.72. The molecule has 0 heterocycles. The Morgan fingerprint density at radius 1 is 1.38 bits per heavy atom. The van der Waals surface area contributed by atoms with Gasteiger partial charge in [-0.2, -0.15) is 0 Å². The van der Waals surface area contributed by atoms with Gasteiger partial charge in [-0.15, -0.1) is 0 Å². The summed E-state index contributed by atoms with van der Waals surface area (Å²) in [4.78, 5) is 0. The molecule has 0 unspecified atom stereocenters. The van der Waals surface area contributed by atoms with Gasteiger partial charge < -0.3 is 4.74 Å². The second-order valence-corrected chi connectivity index (χ2v) is 2.72. The third kappa shape index (κ3) is 3.01. The van der Waals surface area contributed by atoms with Crippen LogP contribution < -0.4 is 4.74 Å². The maximum Gasteiger partial charge on any atom is 0.263 e. The summed E-state index contributed by atoms with van der Waals surface area (Å²) in [6, 6.07) is 6.03. The minimum absolute atomic E-state index is 0.00797. The molecule has 0 bridgehead atoms. The first kappa shape index (κ1) is 9.96. The van der Waals surface area contributed by atoms with E-state index >= 15 is 0 Å². The molecule has 0 radical (unpaired) electrons. The first-order valence-corrected chi connectivity index (χ1v) is 4.25. The van der Waals surface area contributed by atoms with E-state index in [0.29, 0.717) is 12.4 Å². The van der Waals surface area contributed by atoms with E-state index < -0.39 is 6.43 Å². The summed E-state index contributed by atoms with van der Waals surface area (Å²) in [7, 11) is 0. The lowest BCUT2D eigenvalue weighted by molar-refractivity contribution is 0.151. The maximum absolute atomic E-state index is 12.2. The van der Waals surface area contributed by atoms with Crippen molar-refractivity contribution in [3.63, 3.8) is 0 Å². The summed E-state index contributed by atoms with van der Waals surface area (Å²) < 4.78 is 29.6. The molecule has 0 aliphatic carbocycles. The number of halogens is 2. The van der Waals surface area contributed by atoms with Crippen molar-refractivity contribution in [2.24, 2.45) is 0 Å². The minimum Gasteiger partial charge on any atom is -0.494 e. The smallest absolute Gasteiger partial charge is 0.263 e. The van der Waals surface area contributed by atoms with Crippen LogP contribution in [0.4, 0.5) is 8.78 Å². The number of hydrogen-bond acceptors (Lipinski definition) is 1. The van der Waals surface area contributed by atoms with Crippen molar-refractivity contribution in [2.45, 2.75) is 19.8 Å². The van der Waals surface area contributed by atoms with Gasteiger partial charge in [0.25, 0.3) is 6.43 Å². The van der Waals surface area contributed by atoms with Crippen LogP contribution in [0.3, 0.4) is 0 Å². The van der Waals surface area contributed by atoms with Gasteiger partial charge in [0.15, 0.2) is 0 Å². The van der Waals surface area contributed by atoms with E-state index in [4.69, 9.17) is 4.74 Å². The molecule has 0 saturated carbocycles. The van der Waals surface area contributed by atoms with Crippen molar-refractivity contribution >= 4 is 0 Å². The summed E-state index contributed by atoms with van der Waals surface area (Å²) in [5.41, 5.74) is 0.00797. The van der Waals surface area contributed by atoms with E-state index in [9.17, 15) is 8.78 Å². The largest absolute Gasteiger partial charge is 0.494 e. The molecule has 1 aromatic carbocycles. The molecule has 1 aromatic rings. The molecule has 0 spiro atoms. The Balaban J connectivity index is 2.68. The third-order valence-corrected chi connectivity index (χ3v) is 1.58. The molecule has 0 N–H and O–H groups in total. The zero-order valence-corrected chi connectivity index (χ0v) is 7.47. The summed E-state index contributed by atoms with van der Waals surface area (Å²) in [5.74, 6) is 0.514. The predicted molar refractivity (Wildman–Crippen MR) is 47.2 cm³/mol. The van der Waals surface area contributed by atoms with E-state index in [1.54, 1.807) is 12.1 Å². The van der Waals surface area contributed by atoms with E-state index in [2.05, 4.69) is 0 Å². The molecule has 3 heteroatoms. The van der Waals surface area contributed by atoms with Gasteiger partial charge in [-0.25, -0.2) is 8.78 Å². The number of hydrogen-bond donors (Lipinski definition) is 0. The van der Waals surface area contributed by atoms with Crippen LogP contribution in [-0.2, 0) is 0 Å². The molecule has 1 nitrogen and oxygen atoms in total.